The number of rotatable bonds is 2. The molecule has 0 spiro atoms. The number of hydrogen-bond acceptors (Lipinski definition) is 3. The van der Waals surface area contributed by atoms with Gasteiger partial charge in [0.2, 0.25) is 0 Å². The number of aromatic hydroxyl groups is 1. The molecule has 0 aliphatic heterocycles. The second-order valence-electron chi connectivity index (χ2n) is 2.31. The van der Waals surface area contributed by atoms with Crippen molar-refractivity contribution in [1.29, 1.82) is 0 Å². The van der Waals surface area contributed by atoms with E-state index in [9.17, 15) is 9.18 Å². The first-order valence-electron chi connectivity index (χ1n) is 3.36. The Labute approximate surface area is 73.2 Å². The molecule has 0 amide bonds. The van der Waals surface area contributed by atoms with Crippen LogP contribution in [0.5, 0.6) is 11.5 Å². The van der Waals surface area contributed by atoms with Crippen molar-refractivity contribution in [2.24, 2.45) is 0 Å². The van der Waals surface area contributed by atoms with Gasteiger partial charge < -0.3 is 14.9 Å². The first-order chi connectivity index (χ1) is 6.06. The molecule has 1 aromatic carbocycles. The van der Waals surface area contributed by atoms with E-state index in [1.807, 2.05) is 0 Å². The van der Waals surface area contributed by atoms with Crippen molar-refractivity contribution in [2.75, 3.05) is 7.11 Å². The summed E-state index contributed by atoms with van der Waals surface area (Å²) >= 11 is 0. The SMILES string of the molecule is COc1cc(F)c(C(=O)O)cc1O. The molecule has 0 aromatic heterocycles. The number of phenolic OH excluding ortho intramolecular Hbond substituents is 1. The third kappa shape index (κ3) is 1.69. The van der Waals surface area contributed by atoms with Crippen LogP contribution < -0.4 is 4.74 Å². The van der Waals surface area contributed by atoms with E-state index in [1.54, 1.807) is 0 Å². The first-order valence-corrected chi connectivity index (χ1v) is 3.36. The highest BCUT2D eigenvalue weighted by Crippen LogP contribution is 2.28. The standard InChI is InChI=1S/C8H7FO4/c1-13-7-3-5(9)4(8(11)12)2-6(7)10/h2-3,10H,1H3,(H,11,12). The van der Waals surface area contributed by atoms with Crippen LogP contribution in [0.1, 0.15) is 10.4 Å². The van der Waals surface area contributed by atoms with Crippen LogP contribution in [0.25, 0.3) is 0 Å². The Morgan fingerprint density at radius 1 is 1.54 bits per heavy atom. The highest BCUT2D eigenvalue weighted by atomic mass is 19.1. The molecule has 4 nitrogen and oxygen atoms in total. The summed E-state index contributed by atoms with van der Waals surface area (Å²) < 4.78 is 17.5. The van der Waals surface area contributed by atoms with E-state index >= 15 is 0 Å². The zero-order valence-electron chi connectivity index (χ0n) is 6.74. The smallest absolute Gasteiger partial charge is 0.338 e. The van der Waals surface area contributed by atoms with Crippen LogP contribution in [0.2, 0.25) is 0 Å². The van der Waals surface area contributed by atoms with E-state index in [2.05, 4.69) is 4.74 Å². The predicted octanol–water partition coefficient (Wildman–Crippen LogP) is 1.24. The maximum atomic E-state index is 12.9. The summed E-state index contributed by atoms with van der Waals surface area (Å²) in [4.78, 5) is 10.4. The summed E-state index contributed by atoms with van der Waals surface area (Å²) in [6, 6.07) is 1.62. The molecular weight excluding hydrogens is 179 g/mol. The molecule has 0 saturated carbocycles. The number of aromatic carboxylic acids is 1. The van der Waals surface area contributed by atoms with E-state index in [1.165, 1.54) is 7.11 Å². The van der Waals surface area contributed by atoms with Gasteiger partial charge in [0.05, 0.1) is 12.7 Å². The molecule has 0 saturated heterocycles. The van der Waals surface area contributed by atoms with Crippen LogP contribution in [-0.4, -0.2) is 23.3 Å². The maximum Gasteiger partial charge on any atom is 0.338 e. The molecule has 2 N–H and O–H groups in total. The zero-order valence-corrected chi connectivity index (χ0v) is 6.74. The Hall–Kier alpha value is -1.78. The molecule has 0 unspecified atom stereocenters. The molecule has 1 rings (SSSR count). The van der Waals surface area contributed by atoms with Gasteiger partial charge in [0, 0.05) is 12.1 Å². The number of ether oxygens (including phenoxy) is 1. The lowest BCUT2D eigenvalue weighted by Gasteiger charge is -2.04. The normalized spacial score (nSPS) is 9.69. The summed E-state index contributed by atoms with van der Waals surface area (Å²) in [5, 5.41) is 17.6. The van der Waals surface area contributed by atoms with Gasteiger partial charge in [-0.05, 0) is 0 Å². The third-order valence-corrected chi connectivity index (χ3v) is 1.50. The van der Waals surface area contributed by atoms with E-state index < -0.39 is 23.1 Å². The highest BCUT2D eigenvalue weighted by molar-refractivity contribution is 5.88. The van der Waals surface area contributed by atoms with Gasteiger partial charge in [0.1, 0.15) is 5.82 Å². The Balaban J connectivity index is 3.28. The average molecular weight is 186 g/mol. The van der Waals surface area contributed by atoms with Gasteiger partial charge in [-0.1, -0.05) is 0 Å². The summed E-state index contributed by atoms with van der Waals surface area (Å²) in [5.41, 5.74) is -0.585. The monoisotopic (exact) mass is 186 g/mol. The van der Waals surface area contributed by atoms with Gasteiger partial charge in [0.15, 0.2) is 11.5 Å². The molecule has 0 aliphatic carbocycles. The molecule has 1 aromatic rings. The second kappa shape index (κ2) is 3.30. The van der Waals surface area contributed by atoms with Crippen molar-refractivity contribution in [3.05, 3.63) is 23.5 Å². The molecular formula is C8H7FO4. The highest BCUT2D eigenvalue weighted by Gasteiger charge is 2.14. The van der Waals surface area contributed by atoms with Gasteiger partial charge in [-0.2, -0.15) is 0 Å². The topological polar surface area (TPSA) is 66.8 Å². The summed E-state index contributed by atoms with van der Waals surface area (Å²) in [6.45, 7) is 0. The van der Waals surface area contributed by atoms with Crippen LogP contribution in [-0.2, 0) is 0 Å². The van der Waals surface area contributed by atoms with Crippen molar-refractivity contribution in [1.82, 2.24) is 0 Å². The average Bonchev–Trinajstić information content (AvgIpc) is 2.07. The number of carboxylic acids is 1. The van der Waals surface area contributed by atoms with Crippen LogP contribution in [0.4, 0.5) is 4.39 Å². The number of carboxylic acid groups (broad SMARTS) is 1. The summed E-state index contributed by atoms with van der Waals surface area (Å²) in [5.74, 6) is -2.87. The van der Waals surface area contributed by atoms with Crippen molar-refractivity contribution in [3.63, 3.8) is 0 Å². The summed E-state index contributed by atoms with van der Waals surface area (Å²) in [6.07, 6.45) is 0. The molecule has 5 heteroatoms. The van der Waals surface area contributed by atoms with Crippen LogP contribution in [0.3, 0.4) is 0 Å². The lowest BCUT2D eigenvalue weighted by Crippen LogP contribution is -2.00. The predicted molar refractivity (Wildman–Crippen MR) is 41.6 cm³/mol. The number of carbonyl (C=O) groups is 1. The van der Waals surface area contributed by atoms with E-state index in [-0.39, 0.29) is 5.75 Å². The fourth-order valence-corrected chi connectivity index (χ4v) is 0.871. The van der Waals surface area contributed by atoms with E-state index in [4.69, 9.17) is 10.2 Å². The van der Waals surface area contributed by atoms with Crippen molar-refractivity contribution in [2.45, 2.75) is 0 Å². The van der Waals surface area contributed by atoms with Crippen LogP contribution in [0.15, 0.2) is 12.1 Å². The lowest BCUT2D eigenvalue weighted by atomic mass is 10.2. The second-order valence-corrected chi connectivity index (χ2v) is 2.31. The fourth-order valence-electron chi connectivity index (χ4n) is 0.871. The van der Waals surface area contributed by atoms with Gasteiger partial charge in [-0.25, -0.2) is 9.18 Å². The van der Waals surface area contributed by atoms with E-state index in [0.29, 0.717) is 0 Å². The zero-order chi connectivity index (χ0) is 10.0. The first kappa shape index (κ1) is 9.31. The molecule has 13 heavy (non-hydrogen) atoms. The minimum atomic E-state index is -1.43. The fraction of sp³-hybridized carbons (Fsp3) is 0.125. The molecule has 0 fully saturated rings. The van der Waals surface area contributed by atoms with Crippen molar-refractivity contribution < 1.29 is 24.1 Å². The maximum absolute atomic E-state index is 12.9. The Kier molecular flexibility index (Phi) is 2.36. The van der Waals surface area contributed by atoms with Gasteiger partial charge >= 0.3 is 5.97 Å². The minimum absolute atomic E-state index is 0.0949. The number of phenols is 1. The third-order valence-electron chi connectivity index (χ3n) is 1.50. The lowest BCUT2D eigenvalue weighted by molar-refractivity contribution is 0.0691. The van der Waals surface area contributed by atoms with Crippen molar-refractivity contribution in [3.8, 4) is 11.5 Å². The molecule has 0 radical (unpaired) electrons. The van der Waals surface area contributed by atoms with Crippen LogP contribution in [0, 0.1) is 5.82 Å². The Morgan fingerprint density at radius 2 is 2.15 bits per heavy atom. The van der Waals surface area contributed by atoms with Gasteiger partial charge in [-0.3, -0.25) is 0 Å². The molecule has 0 atom stereocenters. The largest absolute Gasteiger partial charge is 0.504 e. The van der Waals surface area contributed by atoms with Crippen LogP contribution >= 0.6 is 0 Å². The number of methoxy groups -OCH3 is 1. The summed E-state index contributed by atoms with van der Waals surface area (Å²) in [7, 11) is 1.24. The Morgan fingerprint density at radius 3 is 2.62 bits per heavy atom. The molecule has 70 valence electrons. The van der Waals surface area contributed by atoms with Crippen molar-refractivity contribution >= 4 is 5.97 Å². The number of halogens is 1. The molecule has 0 bridgehead atoms. The number of hydrogen-bond donors (Lipinski definition) is 2. The van der Waals surface area contributed by atoms with Gasteiger partial charge in [0.25, 0.3) is 0 Å². The minimum Gasteiger partial charge on any atom is -0.504 e. The molecule has 0 heterocycles. The quantitative estimate of drug-likeness (QED) is 0.729. The molecule has 0 aliphatic rings. The Bertz CT molecular complexity index is 348. The van der Waals surface area contributed by atoms with Gasteiger partial charge in [-0.15, -0.1) is 0 Å². The van der Waals surface area contributed by atoms with E-state index in [0.717, 1.165) is 12.1 Å². The number of benzene rings is 1.